The fourth-order valence-corrected chi connectivity index (χ4v) is 3.04. The molecule has 0 spiro atoms. The Morgan fingerprint density at radius 3 is 2.33 bits per heavy atom. The minimum Gasteiger partial charge on any atom is -0.411 e. The van der Waals surface area contributed by atoms with E-state index in [-0.39, 0.29) is 22.1 Å². The number of hydrogen-bond donors (Lipinski definition) is 2. The van der Waals surface area contributed by atoms with E-state index in [9.17, 15) is 8.42 Å². The Labute approximate surface area is 106 Å². The van der Waals surface area contributed by atoms with E-state index in [1.807, 2.05) is 0 Å². The van der Waals surface area contributed by atoms with Crippen molar-refractivity contribution in [2.45, 2.75) is 24.7 Å². The zero-order valence-electron chi connectivity index (χ0n) is 10.2. The van der Waals surface area contributed by atoms with Crippen molar-refractivity contribution in [3.63, 3.8) is 0 Å². The molecule has 1 fully saturated rings. The Bertz CT molecular complexity index is 576. The molecule has 1 aliphatic rings. The molecule has 0 aliphatic heterocycles. The van der Waals surface area contributed by atoms with Gasteiger partial charge in [-0.05, 0) is 29.0 Å². The van der Waals surface area contributed by atoms with Crippen LogP contribution in [-0.2, 0) is 10.0 Å². The first-order chi connectivity index (χ1) is 8.28. The molecule has 0 radical (unpaired) electrons. The highest BCUT2D eigenvalue weighted by atomic mass is 32.2. The summed E-state index contributed by atoms with van der Waals surface area (Å²) in [6, 6.07) is 6.53. The van der Waals surface area contributed by atoms with Crippen LogP contribution in [-0.4, -0.2) is 19.8 Å². The molecule has 1 aliphatic carbocycles. The Morgan fingerprint density at radius 2 is 1.89 bits per heavy atom. The van der Waals surface area contributed by atoms with Gasteiger partial charge in [-0.1, -0.05) is 26.0 Å². The molecule has 1 saturated carbocycles. The van der Waals surface area contributed by atoms with E-state index in [1.54, 1.807) is 12.1 Å². The van der Waals surface area contributed by atoms with Crippen molar-refractivity contribution in [1.82, 2.24) is 0 Å². The Kier molecular flexibility index (Phi) is 2.95. The molecule has 3 N–H and O–H groups in total. The lowest BCUT2D eigenvalue weighted by atomic mass is 10.0. The van der Waals surface area contributed by atoms with Gasteiger partial charge in [-0.15, -0.1) is 5.16 Å². The summed E-state index contributed by atoms with van der Waals surface area (Å²) in [7, 11) is -3.64. The molecule has 98 valence electrons. The first-order valence-corrected chi connectivity index (χ1v) is 7.13. The number of nitrogens with two attached hydrogens (primary N) is 1. The van der Waals surface area contributed by atoms with Crippen LogP contribution in [0.25, 0.3) is 0 Å². The highest BCUT2D eigenvalue weighted by Crippen LogP contribution is 2.63. The lowest BCUT2D eigenvalue weighted by Gasteiger charge is -2.04. The summed E-state index contributed by atoms with van der Waals surface area (Å²) in [5.41, 5.74) is 1.05. The van der Waals surface area contributed by atoms with Gasteiger partial charge < -0.3 is 5.21 Å². The maximum atomic E-state index is 11.1. The molecule has 0 bridgehead atoms. The summed E-state index contributed by atoms with van der Waals surface area (Å²) in [6.07, 6.45) is 1.53. The van der Waals surface area contributed by atoms with Crippen molar-refractivity contribution < 1.29 is 13.6 Å². The first-order valence-electron chi connectivity index (χ1n) is 5.59. The molecule has 1 aromatic carbocycles. The molecule has 0 amide bonds. The molecule has 0 unspecified atom stereocenters. The van der Waals surface area contributed by atoms with Gasteiger partial charge in [-0.3, -0.25) is 0 Å². The van der Waals surface area contributed by atoms with Crippen LogP contribution in [0.4, 0.5) is 0 Å². The predicted octanol–water partition coefficient (Wildman–Crippen LogP) is 1.53. The number of oxime groups is 1. The van der Waals surface area contributed by atoms with Crippen LogP contribution in [0, 0.1) is 11.3 Å². The third kappa shape index (κ3) is 2.13. The highest BCUT2D eigenvalue weighted by Gasteiger charge is 2.57. The molecule has 0 heterocycles. The monoisotopic (exact) mass is 268 g/mol. The predicted molar refractivity (Wildman–Crippen MR) is 68.1 cm³/mol. The van der Waals surface area contributed by atoms with Gasteiger partial charge in [-0.25, -0.2) is 13.6 Å². The largest absolute Gasteiger partial charge is 0.411 e. The highest BCUT2D eigenvalue weighted by molar-refractivity contribution is 7.89. The quantitative estimate of drug-likeness (QED) is 0.494. The second-order valence-electron chi connectivity index (χ2n) is 5.20. The molecule has 5 nitrogen and oxygen atoms in total. The van der Waals surface area contributed by atoms with Crippen LogP contribution >= 0.6 is 0 Å². The van der Waals surface area contributed by atoms with Crippen molar-refractivity contribution in [2.75, 3.05) is 0 Å². The molecule has 2 rings (SSSR count). The third-order valence-electron chi connectivity index (χ3n) is 3.71. The second-order valence-corrected chi connectivity index (χ2v) is 6.76. The number of sulfonamides is 1. The number of hydrogen-bond acceptors (Lipinski definition) is 4. The fourth-order valence-electron chi connectivity index (χ4n) is 2.53. The van der Waals surface area contributed by atoms with Gasteiger partial charge in [0.25, 0.3) is 0 Å². The molecule has 0 aromatic heterocycles. The first kappa shape index (κ1) is 13.0. The SMILES string of the molecule is CC1(C)[C@@H](C=NO)[C@@H]1c1ccc(S(N)(=O)=O)cc1. The van der Waals surface area contributed by atoms with E-state index in [1.165, 1.54) is 18.3 Å². The fraction of sp³-hybridized carbons (Fsp3) is 0.417. The normalized spacial score (nSPS) is 26.4. The topological polar surface area (TPSA) is 92.8 Å². The number of benzene rings is 1. The van der Waals surface area contributed by atoms with Gasteiger partial charge >= 0.3 is 0 Å². The smallest absolute Gasteiger partial charge is 0.238 e. The van der Waals surface area contributed by atoms with Crippen LogP contribution in [0.1, 0.15) is 25.3 Å². The standard InChI is InChI=1S/C12H16N2O3S/c1-12(2)10(7-14-15)11(12)8-3-5-9(6-4-8)18(13,16)17/h3-7,10-11,15H,1-2H3,(H2,13,16,17)/t10-,11-/m0/s1. The maximum absolute atomic E-state index is 11.1. The molecule has 18 heavy (non-hydrogen) atoms. The van der Waals surface area contributed by atoms with Crippen molar-refractivity contribution in [1.29, 1.82) is 0 Å². The second kappa shape index (κ2) is 4.07. The van der Waals surface area contributed by atoms with Crippen LogP contribution in [0.2, 0.25) is 0 Å². The molecular weight excluding hydrogens is 252 g/mol. The summed E-state index contributed by atoms with van der Waals surface area (Å²) in [5, 5.41) is 16.7. The van der Waals surface area contributed by atoms with E-state index < -0.39 is 10.0 Å². The summed E-state index contributed by atoms with van der Waals surface area (Å²) < 4.78 is 22.3. The van der Waals surface area contributed by atoms with E-state index in [2.05, 4.69) is 19.0 Å². The van der Waals surface area contributed by atoms with Crippen LogP contribution in [0.5, 0.6) is 0 Å². The number of primary sulfonamides is 1. The molecule has 1 aromatic rings. The van der Waals surface area contributed by atoms with Gasteiger partial charge in [-0.2, -0.15) is 0 Å². The molecule has 0 saturated heterocycles. The molecular formula is C12H16N2O3S. The van der Waals surface area contributed by atoms with E-state index >= 15 is 0 Å². The van der Waals surface area contributed by atoms with Crippen molar-refractivity contribution in [2.24, 2.45) is 21.6 Å². The average Bonchev–Trinajstić information content (AvgIpc) is 2.80. The van der Waals surface area contributed by atoms with Crippen molar-refractivity contribution in [3.05, 3.63) is 29.8 Å². The Balaban J connectivity index is 2.27. The zero-order valence-corrected chi connectivity index (χ0v) is 11.1. The van der Waals surface area contributed by atoms with E-state index in [4.69, 9.17) is 10.3 Å². The average molecular weight is 268 g/mol. The summed E-state index contributed by atoms with van der Waals surface area (Å²) in [4.78, 5) is 0.108. The van der Waals surface area contributed by atoms with Gasteiger partial charge in [0.15, 0.2) is 0 Å². The van der Waals surface area contributed by atoms with Crippen LogP contribution < -0.4 is 5.14 Å². The summed E-state index contributed by atoms with van der Waals surface area (Å²) >= 11 is 0. The van der Waals surface area contributed by atoms with Crippen LogP contribution in [0.15, 0.2) is 34.3 Å². The third-order valence-corrected chi connectivity index (χ3v) is 4.63. The van der Waals surface area contributed by atoms with E-state index in [0.717, 1.165) is 5.56 Å². The molecule has 2 atom stereocenters. The number of nitrogens with zero attached hydrogens (tertiary/aromatic N) is 1. The Morgan fingerprint density at radius 1 is 1.33 bits per heavy atom. The number of rotatable bonds is 3. The lowest BCUT2D eigenvalue weighted by molar-refractivity contribution is 0.319. The summed E-state index contributed by atoms with van der Waals surface area (Å²) in [6.45, 7) is 4.16. The van der Waals surface area contributed by atoms with Gasteiger partial charge in [0.2, 0.25) is 10.0 Å². The van der Waals surface area contributed by atoms with Crippen molar-refractivity contribution in [3.8, 4) is 0 Å². The molecule has 6 heteroatoms. The minimum atomic E-state index is -3.64. The maximum Gasteiger partial charge on any atom is 0.238 e. The van der Waals surface area contributed by atoms with Gasteiger partial charge in [0, 0.05) is 12.1 Å². The van der Waals surface area contributed by atoms with Gasteiger partial charge in [0.1, 0.15) is 0 Å². The lowest BCUT2D eigenvalue weighted by Crippen LogP contribution is -2.11. The zero-order chi connectivity index (χ0) is 13.6. The summed E-state index contributed by atoms with van der Waals surface area (Å²) in [5.74, 6) is 0.408. The Hall–Kier alpha value is -1.40. The van der Waals surface area contributed by atoms with Crippen molar-refractivity contribution >= 4 is 16.2 Å². The van der Waals surface area contributed by atoms with Gasteiger partial charge in [0.05, 0.1) is 4.90 Å². The van der Waals surface area contributed by atoms with Crippen LogP contribution in [0.3, 0.4) is 0 Å². The van der Waals surface area contributed by atoms with E-state index in [0.29, 0.717) is 0 Å². The minimum absolute atomic E-state index is 0.0232.